The number of para-hydroxylation sites is 1. The summed E-state index contributed by atoms with van der Waals surface area (Å²) in [5.74, 6) is 0.506. The molecule has 0 aliphatic carbocycles. The van der Waals surface area contributed by atoms with E-state index in [0.717, 1.165) is 23.3 Å². The minimum Gasteiger partial charge on any atom is -0.487 e. The minimum absolute atomic E-state index is 0.215. The Hall–Kier alpha value is -1.55. The van der Waals surface area contributed by atoms with Crippen LogP contribution in [-0.2, 0) is 16.0 Å². The van der Waals surface area contributed by atoms with Crippen molar-refractivity contribution in [1.82, 2.24) is 5.32 Å². The van der Waals surface area contributed by atoms with E-state index in [4.69, 9.17) is 9.47 Å². The Balaban J connectivity index is 2.42. The van der Waals surface area contributed by atoms with Crippen molar-refractivity contribution in [2.24, 2.45) is 0 Å². The van der Waals surface area contributed by atoms with Crippen LogP contribution in [0.3, 0.4) is 0 Å². The van der Waals surface area contributed by atoms with Crippen molar-refractivity contribution >= 4 is 5.97 Å². The predicted molar refractivity (Wildman–Crippen MR) is 68.7 cm³/mol. The molecular weight excluding hydrogens is 230 g/mol. The molecule has 4 heteroatoms. The largest absolute Gasteiger partial charge is 0.487 e. The second kappa shape index (κ2) is 4.61. The standard InChI is InChI=1S/C14H19NO3/c1-14(2)8-9-6-5-7-10(12(9)18-14)11(15-3)13(16)17-4/h5-7,11,15H,8H2,1-4H3. The maximum Gasteiger partial charge on any atom is 0.327 e. The molecule has 4 nitrogen and oxygen atoms in total. The molecule has 0 fully saturated rings. The summed E-state index contributed by atoms with van der Waals surface area (Å²) >= 11 is 0. The molecule has 0 bridgehead atoms. The molecule has 0 amide bonds. The van der Waals surface area contributed by atoms with Crippen LogP contribution in [0.5, 0.6) is 5.75 Å². The van der Waals surface area contributed by atoms with Crippen molar-refractivity contribution in [3.63, 3.8) is 0 Å². The van der Waals surface area contributed by atoms with Gasteiger partial charge in [0.25, 0.3) is 0 Å². The van der Waals surface area contributed by atoms with E-state index in [0.29, 0.717) is 0 Å². The van der Waals surface area contributed by atoms with Crippen LogP contribution in [0.15, 0.2) is 18.2 Å². The zero-order valence-corrected chi connectivity index (χ0v) is 11.2. The van der Waals surface area contributed by atoms with Crippen molar-refractivity contribution in [1.29, 1.82) is 0 Å². The summed E-state index contributed by atoms with van der Waals surface area (Å²) in [6.07, 6.45) is 0.855. The van der Waals surface area contributed by atoms with Gasteiger partial charge in [-0.25, -0.2) is 4.79 Å². The third kappa shape index (κ3) is 2.20. The van der Waals surface area contributed by atoms with Crippen molar-refractivity contribution in [3.8, 4) is 5.75 Å². The van der Waals surface area contributed by atoms with Crippen molar-refractivity contribution in [3.05, 3.63) is 29.3 Å². The number of ether oxygens (including phenoxy) is 2. The zero-order chi connectivity index (χ0) is 13.3. The van der Waals surface area contributed by atoms with E-state index < -0.39 is 6.04 Å². The third-order valence-electron chi connectivity index (χ3n) is 3.16. The second-order valence-corrected chi connectivity index (χ2v) is 5.12. The summed E-state index contributed by atoms with van der Waals surface area (Å²) in [6, 6.07) is 5.40. The van der Waals surface area contributed by atoms with Gasteiger partial charge in [0.1, 0.15) is 17.4 Å². The number of carbonyl (C=O) groups excluding carboxylic acids is 1. The van der Waals surface area contributed by atoms with Gasteiger partial charge < -0.3 is 14.8 Å². The number of nitrogens with one attached hydrogen (secondary N) is 1. The van der Waals surface area contributed by atoms with Gasteiger partial charge in [0.15, 0.2) is 0 Å². The fourth-order valence-corrected chi connectivity index (χ4v) is 2.38. The molecule has 18 heavy (non-hydrogen) atoms. The Bertz CT molecular complexity index is 468. The number of carbonyl (C=O) groups is 1. The van der Waals surface area contributed by atoms with E-state index in [-0.39, 0.29) is 11.6 Å². The molecule has 1 N–H and O–H groups in total. The highest BCUT2D eigenvalue weighted by Gasteiger charge is 2.34. The van der Waals surface area contributed by atoms with E-state index in [9.17, 15) is 4.79 Å². The van der Waals surface area contributed by atoms with Gasteiger partial charge in [-0.1, -0.05) is 18.2 Å². The summed E-state index contributed by atoms with van der Waals surface area (Å²) in [5.41, 5.74) is 1.77. The first-order valence-corrected chi connectivity index (χ1v) is 6.04. The van der Waals surface area contributed by atoms with Crippen LogP contribution in [0.25, 0.3) is 0 Å². The Kier molecular flexibility index (Phi) is 3.30. The van der Waals surface area contributed by atoms with Gasteiger partial charge in [0, 0.05) is 12.0 Å². The van der Waals surface area contributed by atoms with E-state index >= 15 is 0 Å². The van der Waals surface area contributed by atoms with Crippen LogP contribution in [0, 0.1) is 0 Å². The molecular formula is C14H19NO3. The van der Waals surface area contributed by atoms with E-state index in [1.165, 1.54) is 7.11 Å². The first kappa shape index (κ1) is 12.9. The highest BCUT2D eigenvalue weighted by atomic mass is 16.5. The topological polar surface area (TPSA) is 47.6 Å². The number of benzene rings is 1. The Morgan fingerprint density at radius 2 is 2.22 bits per heavy atom. The SMILES string of the molecule is CNC(C(=O)OC)c1cccc2c1OC(C)(C)C2. The van der Waals surface area contributed by atoms with Crippen LogP contribution in [0.4, 0.5) is 0 Å². The number of esters is 1. The molecule has 1 aliphatic rings. The van der Waals surface area contributed by atoms with E-state index in [1.807, 2.05) is 32.0 Å². The Labute approximate surface area is 107 Å². The number of fused-ring (bicyclic) bond motifs is 1. The summed E-state index contributed by atoms with van der Waals surface area (Å²) in [5, 5.41) is 2.97. The lowest BCUT2D eigenvalue weighted by molar-refractivity contribution is -0.143. The lowest BCUT2D eigenvalue weighted by atomic mass is 9.98. The molecule has 98 valence electrons. The maximum atomic E-state index is 11.8. The number of rotatable bonds is 3. The van der Waals surface area contributed by atoms with Crippen molar-refractivity contribution in [2.45, 2.75) is 31.9 Å². The molecule has 1 heterocycles. The van der Waals surface area contributed by atoms with E-state index in [1.54, 1.807) is 7.05 Å². The molecule has 0 aromatic heterocycles. The van der Waals surface area contributed by atoms with Gasteiger partial charge in [0.2, 0.25) is 0 Å². The smallest absolute Gasteiger partial charge is 0.327 e. The zero-order valence-electron chi connectivity index (χ0n) is 11.2. The fourth-order valence-electron chi connectivity index (χ4n) is 2.38. The fraction of sp³-hybridized carbons (Fsp3) is 0.500. The van der Waals surface area contributed by atoms with Crippen LogP contribution in [0.2, 0.25) is 0 Å². The molecule has 1 aliphatic heterocycles. The normalized spacial score (nSPS) is 17.8. The number of hydrogen-bond acceptors (Lipinski definition) is 4. The van der Waals surface area contributed by atoms with Gasteiger partial charge in [-0.05, 0) is 26.5 Å². The van der Waals surface area contributed by atoms with Crippen molar-refractivity contribution in [2.75, 3.05) is 14.2 Å². The lowest BCUT2D eigenvalue weighted by Gasteiger charge is -2.20. The van der Waals surface area contributed by atoms with Crippen LogP contribution >= 0.6 is 0 Å². The Morgan fingerprint density at radius 1 is 1.50 bits per heavy atom. The summed E-state index contributed by atoms with van der Waals surface area (Å²) in [6.45, 7) is 4.09. The molecule has 0 spiro atoms. The highest BCUT2D eigenvalue weighted by molar-refractivity contribution is 5.79. The molecule has 1 unspecified atom stereocenters. The van der Waals surface area contributed by atoms with Crippen LogP contribution in [-0.4, -0.2) is 25.7 Å². The molecule has 2 rings (SSSR count). The van der Waals surface area contributed by atoms with Gasteiger partial charge in [-0.2, -0.15) is 0 Å². The summed E-state index contributed by atoms with van der Waals surface area (Å²) in [4.78, 5) is 11.8. The maximum absolute atomic E-state index is 11.8. The van der Waals surface area contributed by atoms with Crippen LogP contribution in [0.1, 0.15) is 31.0 Å². The van der Waals surface area contributed by atoms with Gasteiger partial charge in [-0.15, -0.1) is 0 Å². The summed E-state index contributed by atoms with van der Waals surface area (Å²) in [7, 11) is 3.13. The molecule has 1 atom stereocenters. The average molecular weight is 249 g/mol. The highest BCUT2D eigenvalue weighted by Crippen LogP contribution is 2.40. The molecule has 1 aromatic rings. The van der Waals surface area contributed by atoms with Gasteiger partial charge >= 0.3 is 5.97 Å². The van der Waals surface area contributed by atoms with Gasteiger partial charge in [0.05, 0.1) is 7.11 Å². The minimum atomic E-state index is -0.487. The molecule has 0 saturated carbocycles. The lowest BCUT2D eigenvalue weighted by Crippen LogP contribution is -2.28. The molecule has 1 aromatic carbocycles. The second-order valence-electron chi connectivity index (χ2n) is 5.12. The summed E-state index contributed by atoms with van der Waals surface area (Å²) < 4.78 is 10.8. The number of methoxy groups -OCH3 is 1. The van der Waals surface area contributed by atoms with Crippen LogP contribution < -0.4 is 10.1 Å². The third-order valence-corrected chi connectivity index (χ3v) is 3.16. The Morgan fingerprint density at radius 3 is 2.83 bits per heavy atom. The molecule has 0 saturated heterocycles. The first-order chi connectivity index (χ1) is 8.48. The van der Waals surface area contributed by atoms with E-state index in [2.05, 4.69) is 5.32 Å². The molecule has 0 radical (unpaired) electrons. The predicted octanol–water partition coefficient (Wildman–Crippen LogP) is 1.83. The number of hydrogen-bond donors (Lipinski definition) is 1. The van der Waals surface area contributed by atoms with Gasteiger partial charge in [-0.3, -0.25) is 0 Å². The quantitative estimate of drug-likeness (QED) is 0.830. The van der Waals surface area contributed by atoms with Crippen molar-refractivity contribution < 1.29 is 14.3 Å². The monoisotopic (exact) mass is 249 g/mol. The number of likely N-dealkylation sites (N-methyl/N-ethyl adjacent to an activating group) is 1. The first-order valence-electron chi connectivity index (χ1n) is 6.04. The average Bonchev–Trinajstić information content (AvgIpc) is 2.64.